The van der Waals surface area contributed by atoms with Gasteiger partial charge in [0.15, 0.2) is 0 Å². The Morgan fingerprint density at radius 1 is 1.19 bits per heavy atom. The second kappa shape index (κ2) is 7.53. The maximum Gasteiger partial charge on any atom is 0.270 e. The molecule has 0 amide bonds. The number of nitrogens with one attached hydrogen (secondary N) is 1. The van der Waals surface area contributed by atoms with E-state index in [-0.39, 0.29) is 17.1 Å². The van der Waals surface area contributed by atoms with Crippen molar-refractivity contribution < 1.29 is 13.3 Å². The van der Waals surface area contributed by atoms with Crippen molar-refractivity contribution in [3.05, 3.63) is 69.3 Å². The fourth-order valence-corrected chi connectivity index (χ4v) is 4.44. The first kappa shape index (κ1) is 18.5. The predicted molar refractivity (Wildman–Crippen MR) is 98.4 cm³/mol. The van der Waals surface area contributed by atoms with Crippen molar-refractivity contribution in [2.75, 3.05) is 19.6 Å². The fourth-order valence-electron chi connectivity index (χ4n) is 3.15. The molecule has 2 aromatic carbocycles. The van der Waals surface area contributed by atoms with E-state index in [1.54, 1.807) is 6.92 Å². The van der Waals surface area contributed by atoms with Crippen molar-refractivity contribution in [2.45, 2.75) is 24.8 Å². The van der Waals surface area contributed by atoms with Crippen molar-refractivity contribution in [3.8, 4) is 0 Å². The largest absolute Gasteiger partial charge is 0.297 e. The van der Waals surface area contributed by atoms with Crippen molar-refractivity contribution in [3.63, 3.8) is 0 Å². The first-order valence-corrected chi connectivity index (χ1v) is 9.89. The van der Waals surface area contributed by atoms with Crippen LogP contribution in [0.2, 0.25) is 0 Å². The summed E-state index contributed by atoms with van der Waals surface area (Å²) in [5.41, 5.74) is 2.87. The predicted octanol–water partition coefficient (Wildman–Crippen LogP) is 2.24. The Balaban J connectivity index is 1.63. The average Bonchev–Trinajstić information content (AvgIpc) is 2.61. The molecule has 7 nitrogen and oxygen atoms in total. The minimum absolute atomic E-state index is 0.0457. The summed E-state index contributed by atoms with van der Waals surface area (Å²) in [7, 11) is -3.79. The Kier molecular flexibility index (Phi) is 5.36. The van der Waals surface area contributed by atoms with Crippen LogP contribution < -0.4 is 4.72 Å². The summed E-state index contributed by atoms with van der Waals surface area (Å²) >= 11 is 0. The highest BCUT2D eigenvalue weighted by Crippen LogP contribution is 2.22. The summed E-state index contributed by atoms with van der Waals surface area (Å²) in [5.74, 6) is 0. The molecule has 0 saturated carbocycles. The smallest absolute Gasteiger partial charge is 0.270 e. The highest BCUT2D eigenvalue weighted by atomic mass is 32.2. The standard InChI is InChI=1S/C18H21N3O4S/c1-14-6-7-17(21(22)23)12-18(14)26(24,25)19-9-11-20-10-8-15-4-2-3-5-16(15)13-20/h2-7,12,19H,8-11,13H2,1H3. The monoisotopic (exact) mass is 375 g/mol. The zero-order chi connectivity index (χ0) is 18.7. The Labute approximate surface area is 152 Å². The van der Waals surface area contributed by atoms with Crippen LogP contribution in [0.3, 0.4) is 0 Å². The lowest BCUT2D eigenvalue weighted by Gasteiger charge is -2.28. The number of nitro benzene ring substituents is 1. The van der Waals surface area contributed by atoms with Gasteiger partial charge >= 0.3 is 0 Å². The summed E-state index contributed by atoms with van der Waals surface area (Å²) in [5, 5.41) is 10.9. The number of rotatable bonds is 6. The number of hydrogen-bond acceptors (Lipinski definition) is 5. The van der Waals surface area contributed by atoms with Crippen LogP contribution in [0.15, 0.2) is 47.4 Å². The third kappa shape index (κ3) is 4.09. The normalized spacial score (nSPS) is 14.8. The molecule has 1 aliphatic heterocycles. The van der Waals surface area contributed by atoms with Crippen LogP contribution in [0.1, 0.15) is 16.7 Å². The molecule has 0 fully saturated rings. The molecule has 1 heterocycles. The van der Waals surface area contributed by atoms with Crippen LogP contribution in [0, 0.1) is 17.0 Å². The van der Waals surface area contributed by atoms with Crippen LogP contribution >= 0.6 is 0 Å². The highest BCUT2D eigenvalue weighted by molar-refractivity contribution is 7.89. The van der Waals surface area contributed by atoms with Crippen LogP contribution in [-0.4, -0.2) is 37.9 Å². The lowest BCUT2D eigenvalue weighted by Crippen LogP contribution is -2.37. The molecule has 8 heteroatoms. The van der Waals surface area contributed by atoms with Gasteiger partial charge in [-0.2, -0.15) is 0 Å². The van der Waals surface area contributed by atoms with Gasteiger partial charge in [0.2, 0.25) is 10.0 Å². The molecule has 0 radical (unpaired) electrons. The van der Waals surface area contributed by atoms with E-state index >= 15 is 0 Å². The minimum atomic E-state index is -3.79. The number of benzene rings is 2. The van der Waals surface area contributed by atoms with Crippen molar-refractivity contribution >= 4 is 15.7 Å². The number of nitro groups is 1. The molecule has 1 aliphatic rings. The van der Waals surface area contributed by atoms with Gasteiger partial charge in [0.1, 0.15) is 0 Å². The van der Waals surface area contributed by atoms with Crippen molar-refractivity contribution in [1.29, 1.82) is 0 Å². The number of nitrogens with zero attached hydrogens (tertiary/aromatic N) is 2. The van der Waals surface area contributed by atoms with E-state index in [1.165, 1.54) is 23.3 Å². The van der Waals surface area contributed by atoms with Crippen LogP contribution in [0.5, 0.6) is 0 Å². The van der Waals surface area contributed by atoms with E-state index in [9.17, 15) is 18.5 Å². The molecule has 0 aliphatic carbocycles. The maximum atomic E-state index is 12.5. The second-order valence-electron chi connectivity index (χ2n) is 6.40. The molecule has 26 heavy (non-hydrogen) atoms. The molecule has 0 aromatic heterocycles. The summed E-state index contributed by atoms with van der Waals surface area (Å²) < 4.78 is 27.6. The summed E-state index contributed by atoms with van der Waals surface area (Å²) in [6.07, 6.45) is 0.951. The van der Waals surface area contributed by atoms with Crippen LogP contribution in [0.4, 0.5) is 5.69 Å². The van der Waals surface area contributed by atoms with E-state index < -0.39 is 14.9 Å². The summed E-state index contributed by atoms with van der Waals surface area (Å²) in [6, 6.07) is 12.1. The molecule has 1 N–H and O–H groups in total. The van der Waals surface area contributed by atoms with Gasteiger partial charge in [-0.25, -0.2) is 13.1 Å². The molecular formula is C18H21N3O4S. The van der Waals surface area contributed by atoms with Gasteiger partial charge in [0.25, 0.3) is 5.69 Å². The van der Waals surface area contributed by atoms with Gasteiger partial charge in [0.05, 0.1) is 9.82 Å². The van der Waals surface area contributed by atoms with Gasteiger partial charge in [-0.15, -0.1) is 0 Å². The number of non-ortho nitro benzene ring substituents is 1. The first-order chi connectivity index (χ1) is 12.4. The number of sulfonamides is 1. The van der Waals surface area contributed by atoms with Gasteiger partial charge in [-0.1, -0.05) is 30.3 Å². The Hall–Kier alpha value is -2.29. The molecular weight excluding hydrogens is 354 g/mol. The summed E-state index contributed by atoms with van der Waals surface area (Å²) in [6.45, 7) is 4.15. The van der Waals surface area contributed by atoms with E-state index in [1.807, 2.05) is 12.1 Å². The zero-order valence-electron chi connectivity index (χ0n) is 14.5. The topological polar surface area (TPSA) is 92.5 Å². The van der Waals surface area contributed by atoms with Gasteiger partial charge in [-0.3, -0.25) is 15.0 Å². The van der Waals surface area contributed by atoms with Gasteiger partial charge < -0.3 is 0 Å². The third-order valence-electron chi connectivity index (χ3n) is 4.60. The van der Waals surface area contributed by atoms with Crippen LogP contribution in [-0.2, 0) is 23.0 Å². The molecule has 0 spiro atoms. The average molecular weight is 375 g/mol. The molecule has 3 rings (SSSR count). The van der Waals surface area contributed by atoms with Gasteiger partial charge in [0, 0.05) is 38.3 Å². The SMILES string of the molecule is Cc1ccc([N+](=O)[O-])cc1S(=O)(=O)NCCN1CCc2ccccc2C1. The Morgan fingerprint density at radius 3 is 2.65 bits per heavy atom. The number of hydrogen-bond donors (Lipinski definition) is 1. The van der Waals surface area contributed by atoms with Crippen molar-refractivity contribution in [2.24, 2.45) is 0 Å². The molecule has 0 saturated heterocycles. The fraction of sp³-hybridized carbons (Fsp3) is 0.333. The van der Waals surface area contributed by atoms with Crippen LogP contribution in [0.25, 0.3) is 0 Å². The lowest BCUT2D eigenvalue weighted by atomic mass is 10.0. The van der Waals surface area contributed by atoms with E-state index in [0.29, 0.717) is 12.1 Å². The summed E-state index contributed by atoms with van der Waals surface area (Å²) in [4.78, 5) is 12.5. The number of aryl methyl sites for hydroxylation is 1. The molecule has 138 valence electrons. The van der Waals surface area contributed by atoms with E-state index in [2.05, 4.69) is 21.8 Å². The lowest BCUT2D eigenvalue weighted by molar-refractivity contribution is -0.385. The molecule has 0 atom stereocenters. The molecule has 0 unspecified atom stereocenters. The minimum Gasteiger partial charge on any atom is -0.297 e. The first-order valence-electron chi connectivity index (χ1n) is 8.41. The molecule has 0 bridgehead atoms. The van der Waals surface area contributed by atoms with Gasteiger partial charge in [-0.05, 0) is 30.0 Å². The number of fused-ring (bicyclic) bond motifs is 1. The molecule has 2 aromatic rings. The zero-order valence-corrected chi connectivity index (χ0v) is 15.3. The Bertz CT molecular complexity index is 928. The van der Waals surface area contributed by atoms with E-state index in [4.69, 9.17) is 0 Å². The maximum absolute atomic E-state index is 12.5. The Morgan fingerprint density at radius 2 is 1.92 bits per heavy atom. The second-order valence-corrected chi connectivity index (χ2v) is 8.13. The van der Waals surface area contributed by atoms with E-state index in [0.717, 1.165) is 25.6 Å². The van der Waals surface area contributed by atoms with Crippen molar-refractivity contribution in [1.82, 2.24) is 9.62 Å². The quantitative estimate of drug-likeness (QED) is 0.617. The third-order valence-corrected chi connectivity index (χ3v) is 6.20. The highest BCUT2D eigenvalue weighted by Gasteiger charge is 2.21.